The molecule has 4 aromatic rings. The maximum absolute atomic E-state index is 10.7. The molecule has 5 nitrogen and oxygen atoms in total. The minimum Gasteiger partial charge on any atom is -0.741 e. The van der Waals surface area contributed by atoms with Crippen LogP contribution in [0.5, 0.6) is 0 Å². The van der Waals surface area contributed by atoms with Crippen LogP contribution in [-0.4, -0.2) is 36.8 Å². The summed E-state index contributed by atoms with van der Waals surface area (Å²) in [5.74, 6) is 0. The Labute approximate surface area is 252 Å². The molecule has 0 radical (unpaired) electrons. The van der Waals surface area contributed by atoms with E-state index in [0.717, 1.165) is 11.6 Å². The molecule has 43 heavy (non-hydrogen) atoms. The van der Waals surface area contributed by atoms with Gasteiger partial charge in [0, 0.05) is 0 Å². The van der Waals surface area contributed by atoms with Crippen LogP contribution in [0.4, 0.5) is 13.2 Å². The van der Waals surface area contributed by atoms with E-state index < -0.39 is 22.9 Å². The fraction of sp³-hybridized carbons (Fsp3) is 0.250. The molecular weight excluding hydrogens is 595 g/mol. The van der Waals surface area contributed by atoms with Gasteiger partial charge in [-0.1, -0.05) is 78.9 Å². The van der Waals surface area contributed by atoms with Crippen molar-refractivity contribution < 1.29 is 35.5 Å². The third-order valence-electron chi connectivity index (χ3n) is 7.80. The highest BCUT2D eigenvalue weighted by Crippen LogP contribution is 2.58. The van der Waals surface area contributed by atoms with Gasteiger partial charge in [-0.25, -0.2) is 8.42 Å². The average molecular weight is 628 g/mol. The highest BCUT2D eigenvalue weighted by atomic mass is 32.2. The fourth-order valence-corrected chi connectivity index (χ4v) is 9.05. The van der Waals surface area contributed by atoms with Gasteiger partial charge in [-0.3, -0.25) is 0 Å². The van der Waals surface area contributed by atoms with Crippen LogP contribution < -0.4 is 21.4 Å². The van der Waals surface area contributed by atoms with Gasteiger partial charge in [0.25, 0.3) is 0 Å². The molecular formula is C32H33BF3O5PS. The first-order valence-electron chi connectivity index (χ1n) is 13.6. The minimum atomic E-state index is -6.09. The number of hydrogen-bond donors (Lipinski definition) is 0. The van der Waals surface area contributed by atoms with E-state index in [-0.39, 0.29) is 18.3 Å². The summed E-state index contributed by atoms with van der Waals surface area (Å²) in [5, 5.41) is 4.19. The van der Waals surface area contributed by atoms with Crippen molar-refractivity contribution in [3.63, 3.8) is 0 Å². The quantitative estimate of drug-likeness (QED) is 0.122. The molecule has 0 spiro atoms. The normalized spacial score (nSPS) is 16.3. The summed E-state index contributed by atoms with van der Waals surface area (Å²) in [4.78, 5) is 0. The minimum absolute atomic E-state index is 0.342. The van der Waals surface area contributed by atoms with Crippen molar-refractivity contribution >= 4 is 45.9 Å². The van der Waals surface area contributed by atoms with E-state index in [1.807, 2.05) is 0 Å². The summed E-state index contributed by atoms with van der Waals surface area (Å²) >= 11 is 0. The first-order valence-corrected chi connectivity index (χ1v) is 17.0. The zero-order valence-electron chi connectivity index (χ0n) is 24.3. The summed E-state index contributed by atoms with van der Waals surface area (Å²) in [5.41, 5.74) is -3.95. The maximum Gasteiger partial charge on any atom is 0.494 e. The van der Waals surface area contributed by atoms with Crippen molar-refractivity contribution in [2.45, 2.75) is 50.6 Å². The predicted molar refractivity (Wildman–Crippen MR) is 167 cm³/mol. The smallest absolute Gasteiger partial charge is 0.494 e. The zero-order chi connectivity index (χ0) is 31.5. The second kappa shape index (κ2) is 12.5. The lowest BCUT2D eigenvalue weighted by Crippen LogP contribution is -2.41. The third-order valence-corrected chi connectivity index (χ3v) is 12.7. The van der Waals surface area contributed by atoms with Crippen LogP contribution in [0.25, 0.3) is 0 Å². The van der Waals surface area contributed by atoms with E-state index in [9.17, 15) is 13.2 Å². The molecule has 226 valence electrons. The number of halogens is 3. The molecule has 0 saturated carbocycles. The molecule has 1 fully saturated rings. The zero-order valence-corrected chi connectivity index (χ0v) is 26.0. The van der Waals surface area contributed by atoms with Gasteiger partial charge in [0.2, 0.25) is 0 Å². The number of benzene rings is 4. The Bertz CT molecular complexity index is 1490. The van der Waals surface area contributed by atoms with E-state index in [4.69, 9.17) is 22.3 Å². The second-order valence-corrected chi connectivity index (χ2v) is 16.1. The monoisotopic (exact) mass is 628 g/mol. The summed E-state index contributed by atoms with van der Waals surface area (Å²) < 4.78 is 71.5. The van der Waals surface area contributed by atoms with Gasteiger partial charge < -0.3 is 13.9 Å². The molecule has 0 N–H and O–H groups in total. The van der Waals surface area contributed by atoms with Gasteiger partial charge in [0.05, 0.1) is 17.4 Å². The lowest BCUT2D eigenvalue weighted by atomic mass is 9.79. The lowest BCUT2D eigenvalue weighted by molar-refractivity contribution is -0.0517. The van der Waals surface area contributed by atoms with Crippen molar-refractivity contribution in [1.29, 1.82) is 0 Å². The van der Waals surface area contributed by atoms with Crippen molar-refractivity contribution in [1.82, 2.24) is 0 Å². The highest BCUT2D eigenvalue weighted by Gasteiger charge is 2.52. The van der Waals surface area contributed by atoms with Crippen LogP contribution in [0.1, 0.15) is 33.3 Å². The molecule has 11 heteroatoms. The summed E-state index contributed by atoms with van der Waals surface area (Å²) in [6, 6.07) is 41.9. The summed E-state index contributed by atoms with van der Waals surface area (Å²) in [6.45, 7) is 8.39. The van der Waals surface area contributed by atoms with Crippen LogP contribution in [0, 0.1) is 0 Å². The van der Waals surface area contributed by atoms with Crippen molar-refractivity contribution in [3.8, 4) is 0 Å². The first kappa shape index (κ1) is 32.9. The van der Waals surface area contributed by atoms with Gasteiger partial charge in [-0.05, 0) is 75.1 Å². The van der Waals surface area contributed by atoms with E-state index in [2.05, 4.69) is 143 Å². The van der Waals surface area contributed by atoms with Gasteiger partial charge >= 0.3 is 12.6 Å². The topological polar surface area (TPSA) is 75.7 Å². The molecule has 5 rings (SSSR count). The maximum atomic E-state index is 10.7. The molecule has 0 bridgehead atoms. The largest absolute Gasteiger partial charge is 0.741 e. The average Bonchev–Trinajstić information content (AvgIpc) is 3.19. The Morgan fingerprint density at radius 3 is 1.30 bits per heavy atom. The molecule has 1 heterocycles. The van der Waals surface area contributed by atoms with E-state index in [1.54, 1.807) is 0 Å². The van der Waals surface area contributed by atoms with Gasteiger partial charge in [0.1, 0.15) is 23.2 Å². The van der Waals surface area contributed by atoms with E-state index >= 15 is 0 Å². The highest BCUT2D eigenvalue weighted by molar-refractivity contribution is 7.95. The van der Waals surface area contributed by atoms with Crippen LogP contribution in [0.3, 0.4) is 0 Å². The molecule has 0 amide bonds. The van der Waals surface area contributed by atoms with Gasteiger partial charge in [0.15, 0.2) is 10.1 Å². The standard InChI is InChI=1S/C31H33BO2P.CHF3O3S/c1-30(2)31(3,4)34-32(33-30)26-22-20-25(21-23-26)24-35(27-14-8-5-9-15-27,28-16-10-6-11-17-28)29-18-12-7-13-19-29;2-1(3,4)8(5,6)7/h5-23H,24H2,1-4H3;(H,5,6,7)/q+1;/p-1. The Balaban J connectivity index is 0.000000467. The molecule has 0 aromatic heterocycles. The molecule has 4 aromatic carbocycles. The first-order chi connectivity index (χ1) is 20.1. The summed E-state index contributed by atoms with van der Waals surface area (Å²) in [7, 11) is -8.35. The molecule has 1 aliphatic rings. The van der Waals surface area contributed by atoms with Gasteiger partial charge in [-0.2, -0.15) is 13.2 Å². The van der Waals surface area contributed by atoms with Gasteiger partial charge in [-0.15, -0.1) is 0 Å². The van der Waals surface area contributed by atoms with Crippen molar-refractivity contribution in [3.05, 3.63) is 121 Å². The molecule has 0 atom stereocenters. The fourth-order valence-electron chi connectivity index (χ4n) is 4.80. The predicted octanol–water partition coefficient (Wildman–Crippen LogP) is 5.53. The SMILES string of the molecule is CC1(C)OB(c2ccc(C[P+](c3ccccc3)(c3ccccc3)c3ccccc3)cc2)OC1(C)C.O=S(=O)([O-])C(F)(F)F. The molecule has 0 unspecified atom stereocenters. The number of hydrogen-bond acceptors (Lipinski definition) is 5. The van der Waals surface area contributed by atoms with Crippen LogP contribution >= 0.6 is 7.26 Å². The van der Waals surface area contributed by atoms with Crippen LogP contribution in [0.2, 0.25) is 0 Å². The van der Waals surface area contributed by atoms with E-state index in [0.29, 0.717) is 0 Å². The Hall–Kier alpha value is -3.01. The number of alkyl halides is 3. The van der Waals surface area contributed by atoms with Crippen LogP contribution in [0.15, 0.2) is 115 Å². The van der Waals surface area contributed by atoms with Crippen LogP contribution in [-0.2, 0) is 25.6 Å². The van der Waals surface area contributed by atoms with Crippen molar-refractivity contribution in [2.75, 3.05) is 0 Å². The van der Waals surface area contributed by atoms with E-state index in [1.165, 1.54) is 21.5 Å². The number of rotatable bonds is 6. The Morgan fingerprint density at radius 1 is 0.674 bits per heavy atom. The van der Waals surface area contributed by atoms with Crippen molar-refractivity contribution in [2.24, 2.45) is 0 Å². The molecule has 1 aliphatic heterocycles. The Morgan fingerprint density at radius 2 is 1.00 bits per heavy atom. The lowest BCUT2D eigenvalue weighted by Gasteiger charge is -2.32. The second-order valence-electron chi connectivity index (χ2n) is 11.2. The third kappa shape index (κ3) is 7.22. The Kier molecular flexibility index (Phi) is 9.60. The molecule has 1 saturated heterocycles. The summed E-state index contributed by atoms with van der Waals surface area (Å²) in [6.07, 6.45) is 0.953. The molecule has 0 aliphatic carbocycles.